The molecule has 1 saturated heterocycles. The van der Waals surface area contributed by atoms with Crippen molar-refractivity contribution in [1.82, 2.24) is 15.1 Å². The molecule has 0 saturated carbocycles. The zero-order chi connectivity index (χ0) is 16.2. The standard InChI is InChI=1S/C17H23N3OS2/c1-13(18-17(21)15-6-4-12-23-15)16(14-5-3-11-22-14)20-9-7-19(2)8-10-20/h3-6,11-13,16H,7-10H2,1-2H3,(H,18,21)/t13-,16-/m0/s1. The van der Waals surface area contributed by atoms with Crippen molar-refractivity contribution in [2.45, 2.75) is 19.0 Å². The molecule has 124 valence electrons. The van der Waals surface area contributed by atoms with E-state index in [4.69, 9.17) is 0 Å². The SMILES string of the molecule is C[C@H](NC(=O)c1cccs1)[C@@H](c1cccs1)N1CCN(C)CC1. The van der Waals surface area contributed by atoms with E-state index in [0.717, 1.165) is 31.1 Å². The van der Waals surface area contributed by atoms with Crippen LogP contribution in [0.15, 0.2) is 35.0 Å². The second-order valence-corrected chi connectivity index (χ2v) is 7.97. The third-order valence-corrected chi connectivity index (χ3v) is 6.15. The summed E-state index contributed by atoms with van der Waals surface area (Å²) in [6.45, 7) is 6.35. The molecule has 0 radical (unpaired) electrons. The second kappa shape index (κ2) is 7.57. The summed E-state index contributed by atoms with van der Waals surface area (Å²) < 4.78 is 0. The Kier molecular flexibility index (Phi) is 5.48. The van der Waals surface area contributed by atoms with Crippen molar-refractivity contribution < 1.29 is 4.79 Å². The summed E-state index contributed by atoms with van der Waals surface area (Å²) in [5.74, 6) is 0.0307. The molecule has 3 heterocycles. The van der Waals surface area contributed by atoms with Crippen LogP contribution >= 0.6 is 22.7 Å². The molecule has 0 bridgehead atoms. The first kappa shape index (κ1) is 16.6. The Labute approximate surface area is 145 Å². The average molecular weight is 350 g/mol. The van der Waals surface area contributed by atoms with E-state index in [9.17, 15) is 4.79 Å². The monoisotopic (exact) mass is 349 g/mol. The Bertz CT molecular complexity index is 604. The molecule has 2 atom stereocenters. The van der Waals surface area contributed by atoms with Gasteiger partial charge in [0.05, 0.1) is 10.9 Å². The number of carbonyl (C=O) groups excluding carboxylic acids is 1. The lowest BCUT2D eigenvalue weighted by Gasteiger charge is -2.40. The molecule has 1 N–H and O–H groups in total. The quantitative estimate of drug-likeness (QED) is 0.901. The van der Waals surface area contributed by atoms with Crippen molar-refractivity contribution in [3.63, 3.8) is 0 Å². The molecule has 6 heteroatoms. The fourth-order valence-electron chi connectivity index (χ4n) is 3.07. The average Bonchev–Trinajstić information content (AvgIpc) is 3.22. The number of thiophene rings is 2. The molecule has 0 aliphatic carbocycles. The lowest BCUT2D eigenvalue weighted by atomic mass is 10.0. The fourth-order valence-corrected chi connectivity index (χ4v) is 4.66. The van der Waals surface area contributed by atoms with Gasteiger partial charge in [-0.05, 0) is 36.9 Å². The van der Waals surface area contributed by atoms with Crippen LogP contribution in [0.5, 0.6) is 0 Å². The molecule has 2 aromatic heterocycles. The maximum Gasteiger partial charge on any atom is 0.261 e. The number of amides is 1. The Hall–Kier alpha value is -1.21. The first-order chi connectivity index (χ1) is 11.1. The van der Waals surface area contributed by atoms with Crippen LogP contribution in [-0.2, 0) is 0 Å². The van der Waals surface area contributed by atoms with Crippen LogP contribution in [0.25, 0.3) is 0 Å². The molecule has 1 amide bonds. The molecular formula is C17H23N3OS2. The minimum atomic E-state index is 0.0307. The Morgan fingerprint density at radius 1 is 1.13 bits per heavy atom. The molecule has 1 fully saturated rings. The van der Waals surface area contributed by atoms with E-state index in [0.29, 0.717) is 0 Å². The minimum absolute atomic E-state index is 0.0307. The molecule has 23 heavy (non-hydrogen) atoms. The van der Waals surface area contributed by atoms with Gasteiger partial charge in [0.15, 0.2) is 0 Å². The minimum Gasteiger partial charge on any atom is -0.347 e. The van der Waals surface area contributed by atoms with E-state index in [1.165, 1.54) is 16.2 Å². The summed E-state index contributed by atoms with van der Waals surface area (Å²) in [5.41, 5.74) is 0. The van der Waals surface area contributed by atoms with Crippen molar-refractivity contribution >= 4 is 28.6 Å². The molecule has 0 spiro atoms. The highest BCUT2D eigenvalue weighted by atomic mass is 32.1. The molecule has 1 aliphatic rings. The van der Waals surface area contributed by atoms with Gasteiger partial charge in [0.25, 0.3) is 5.91 Å². The largest absolute Gasteiger partial charge is 0.347 e. The van der Waals surface area contributed by atoms with E-state index in [-0.39, 0.29) is 18.0 Å². The van der Waals surface area contributed by atoms with Gasteiger partial charge in [-0.3, -0.25) is 9.69 Å². The molecule has 3 rings (SSSR count). The smallest absolute Gasteiger partial charge is 0.261 e. The summed E-state index contributed by atoms with van der Waals surface area (Å²) >= 11 is 3.26. The van der Waals surface area contributed by atoms with Crippen LogP contribution in [0.3, 0.4) is 0 Å². The van der Waals surface area contributed by atoms with E-state index in [1.807, 2.05) is 17.5 Å². The fraction of sp³-hybridized carbons (Fsp3) is 0.471. The van der Waals surface area contributed by atoms with Gasteiger partial charge < -0.3 is 10.2 Å². The van der Waals surface area contributed by atoms with Crippen LogP contribution in [0.2, 0.25) is 0 Å². The Balaban J connectivity index is 1.74. The maximum absolute atomic E-state index is 12.4. The normalized spacial score (nSPS) is 19.4. The number of rotatable bonds is 5. The summed E-state index contributed by atoms with van der Waals surface area (Å²) in [5, 5.41) is 7.26. The van der Waals surface area contributed by atoms with Crippen molar-refractivity contribution in [3.8, 4) is 0 Å². The number of hydrogen-bond acceptors (Lipinski definition) is 5. The van der Waals surface area contributed by atoms with E-state index in [1.54, 1.807) is 11.3 Å². The number of carbonyl (C=O) groups is 1. The van der Waals surface area contributed by atoms with Gasteiger partial charge in [0.1, 0.15) is 0 Å². The number of nitrogens with one attached hydrogen (secondary N) is 1. The highest BCUT2D eigenvalue weighted by Crippen LogP contribution is 2.29. The predicted octanol–water partition coefficient (Wildman–Crippen LogP) is 2.92. The summed E-state index contributed by atoms with van der Waals surface area (Å²) in [6.07, 6.45) is 0. The molecular weight excluding hydrogens is 326 g/mol. The topological polar surface area (TPSA) is 35.6 Å². The zero-order valence-corrected chi connectivity index (χ0v) is 15.2. The summed E-state index contributed by atoms with van der Waals surface area (Å²) in [7, 11) is 2.17. The number of nitrogens with zero attached hydrogens (tertiary/aromatic N) is 2. The highest BCUT2D eigenvalue weighted by molar-refractivity contribution is 7.12. The lowest BCUT2D eigenvalue weighted by Crippen LogP contribution is -2.51. The van der Waals surface area contributed by atoms with Gasteiger partial charge >= 0.3 is 0 Å². The summed E-state index contributed by atoms with van der Waals surface area (Å²) in [6, 6.07) is 8.39. The van der Waals surface area contributed by atoms with Gasteiger partial charge in [-0.25, -0.2) is 0 Å². The van der Waals surface area contributed by atoms with Crippen LogP contribution < -0.4 is 5.32 Å². The van der Waals surface area contributed by atoms with Crippen LogP contribution in [-0.4, -0.2) is 55.0 Å². The first-order valence-electron chi connectivity index (χ1n) is 7.95. The van der Waals surface area contributed by atoms with Gasteiger partial charge in [-0.2, -0.15) is 0 Å². The predicted molar refractivity (Wildman–Crippen MR) is 97.4 cm³/mol. The number of piperazine rings is 1. The van der Waals surface area contributed by atoms with E-state index in [2.05, 4.69) is 46.6 Å². The second-order valence-electron chi connectivity index (χ2n) is 6.04. The van der Waals surface area contributed by atoms with Crippen LogP contribution in [0.4, 0.5) is 0 Å². The first-order valence-corrected chi connectivity index (χ1v) is 9.71. The maximum atomic E-state index is 12.4. The number of hydrogen-bond donors (Lipinski definition) is 1. The molecule has 2 aromatic rings. The third-order valence-electron chi connectivity index (χ3n) is 4.34. The summed E-state index contributed by atoms with van der Waals surface area (Å²) in [4.78, 5) is 19.4. The van der Waals surface area contributed by atoms with Gasteiger partial charge in [0, 0.05) is 37.1 Å². The van der Waals surface area contributed by atoms with Gasteiger partial charge in [-0.1, -0.05) is 12.1 Å². The van der Waals surface area contributed by atoms with Crippen LogP contribution in [0, 0.1) is 0 Å². The lowest BCUT2D eigenvalue weighted by molar-refractivity contribution is 0.0802. The highest BCUT2D eigenvalue weighted by Gasteiger charge is 2.30. The molecule has 0 aromatic carbocycles. The number of likely N-dealkylation sites (N-methyl/N-ethyl adjacent to an activating group) is 1. The molecule has 4 nitrogen and oxygen atoms in total. The molecule has 1 aliphatic heterocycles. The van der Waals surface area contributed by atoms with Crippen molar-refractivity contribution in [3.05, 3.63) is 44.8 Å². The van der Waals surface area contributed by atoms with E-state index < -0.39 is 0 Å². The Morgan fingerprint density at radius 3 is 2.43 bits per heavy atom. The van der Waals surface area contributed by atoms with Gasteiger partial charge in [0.2, 0.25) is 0 Å². The van der Waals surface area contributed by atoms with Crippen molar-refractivity contribution in [2.24, 2.45) is 0 Å². The molecule has 0 unspecified atom stereocenters. The van der Waals surface area contributed by atoms with Crippen LogP contribution in [0.1, 0.15) is 27.5 Å². The van der Waals surface area contributed by atoms with Crippen molar-refractivity contribution in [2.75, 3.05) is 33.2 Å². The van der Waals surface area contributed by atoms with Crippen molar-refractivity contribution in [1.29, 1.82) is 0 Å². The van der Waals surface area contributed by atoms with E-state index >= 15 is 0 Å². The van der Waals surface area contributed by atoms with Gasteiger partial charge in [-0.15, -0.1) is 22.7 Å². The third kappa shape index (κ3) is 4.01. The zero-order valence-electron chi connectivity index (χ0n) is 13.6. The Morgan fingerprint density at radius 2 is 1.83 bits per heavy atom.